The highest BCUT2D eigenvalue weighted by atomic mass is 16.5. The molecule has 2 aliphatic rings. The summed E-state index contributed by atoms with van der Waals surface area (Å²) in [5, 5.41) is 7.13. The minimum Gasteiger partial charge on any atom is -0.378 e. The fraction of sp³-hybridized carbons (Fsp3) is 0.737. The van der Waals surface area contributed by atoms with E-state index in [9.17, 15) is 0 Å². The molecule has 1 aromatic rings. The van der Waals surface area contributed by atoms with E-state index in [4.69, 9.17) is 4.74 Å². The second-order valence-electron chi connectivity index (χ2n) is 7.28. The van der Waals surface area contributed by atoms with Crippen molar-refractivity contribution in [3.8, 4) is 0 Å². The quantitative estimate of drug-likeness (QED) is 0.644. The Hall–Kier alpha value is -1.49. The second kappa shape index (κ2) is 7.60. The van der Waals surface area contributed by atoms with E-state index in [2.05, 4.69) is 45.6 Å². The number of hydrogen-bond donors (Lipinski definition) is 2. The molecular weight excluding hydrogens is 300 g/mol. The molecule has 2 unspecified atom stereocenters. The Labute approximate surface area is 145 Å². The molecular formula is C19H32N4O. The average molecular weight is 332 g/mol. The Bertz CT molecular complexity index is 559. The van der Waals surface area contributed by atoms with Crippen LogP contribution in [0, 0.1) is 5.41 Å². The van der Waals surface area contributed by atoms with Gasteiger partial charge >= 0.3 is 0 Å². The van der Waals surface area contributed by atoms with Gasteiger partial charge in [0.2, 0.25) is 0 Å². The summed E-state index contributed by atoms with van der Waals surface area (Å²) in [6.45, 7) is 3.73. The van der Waals surface area contributed by atoms with Gasteiger partial charge in [0.1, 0.15) is 0 Å². The number of nitrogens with zero attached hydrogens (tertiary/aromatic N) is 2. The molecule has 0 radical (unpaired) electrons. The number of rotatable bonds is 5. The van der Waals surface area contributed by atoms with E-state index in [1.54, 1.807) is 0 Å². The van der Waals surface area contributed by atoms with E-state index >= 15 is 0 Å². The molecule has 0 aliphatic heterocycles. The van der Waals surface area contributed by atoms with Crippen LogP contribution in [0.5, 0.6) is 0 Å². The van der Waals surface area contributed by atoms with E-state index < -0.39 is 0 Å². The molecule has 1 spiro atoms. The van der Waals surface area contributed by atoms with E-state index in [1.165, 1.54) is 37.7 Å². The third-order valence-electron chi connectivity index (χ3n) is 5.83. The maximum absolute atomic E-state index is 6.05. The molecule has 2 atom stereocenters. The highest BCUT2D eigenvalue weighted by Crippen LogP contribution is 2.53. The van der Waals surface area contributed by atoms with Crippen LogP contribution in [0.1, 0.15) is 51.0 Å². The van der Waals surface area contributed by atoms with Crippen molar-refractivity contribution in [2.75, 3.05) is 13.7 Å². The Balaban J connectivity index is 1.58. The van der Waals surface area contributed by atoms with Crippen molar-refractivity contribution in [3.05, 3.63) is 24.0 Å². The molecule has 2 aliphatic carbocycles. The summed E-state index contributed by atoms with van der Waals surface area (Å²) in [6, 6.07) is 2.62. The van der Waals surface area contributed by atoms with Crippen molar-refractivity contribution in [2.45, 2.75) is 64.1 Å². The minimum atomic E-state index is 0.318. The van der Waals surface area contributed by atoms with Gasteiger partial charge in [-0.05, 0) is 37.8 Å². The zero-order valence-electron chi connectivity index (χ0n) is 15.3. The zero-order chi connectivity index (χ0) is 17.0. The highest BCUT2D eigenvalue weighted by Gasteiger charge is 2.55. The summed E-state index contributed by atoms with van der Waals surface area (Å²) in [4.78, 5) is 4.43. The fourth-order valence-corrected chi connectivity index (χ4v) is 4.48. The van der Waals surface area contributed by atoms with Crippen LogP contribution in [-0.2, 0) is 18.3 Å². The van der Waals surface area contributed by atoms with Crippen LogP contribution in [0.4, 0.5) is 0 Å². The first kappa shape index (κ1) is 17.3. The van der Waals surface area contributed by atoms with Gasteiger partial charge in [-0.25, -0.2) is 0 Å². The first-order chi connectivity index (χ1) is 11.7. The Morgan fingerprint density at radius 3 is 2.79 bits per heavy atom. The number of aliphatic imine (C=N–C) groups is 1. The summed E-state index contributed by atoms with van der Waals surface area (Å²) in [7, 11) is 3.90. The molecule has 0 aromatic carbocycles. The first-order valence-electron chi connectivity index (χ1n) is 9.37. The average Bonchev–Trinajstić information content (AvgIpc) is 3.03. The van der Waals surface area contributed by atoms with Gasteiger partial charge in [0.25, 0.3) is 0 Å². The molecule has 2 N–H and O–H groups in total. The molecule has 0 amide bonds. The van der Waals surface area contributed by atoms with Crippen LogP contribution in [0.15, 0.2) is 23.5 Å². The van der Waals surface area contributed by atoms with Gasteiger partial charge in [-0.1, -0.05) is 19.3 Å². The Morgan fingerprint density at radius 2 is 2.17 bits per heavy atom. The van der Waals surface area contributed by atoms with Gasteiger partial charge in [-0.2, -0.15) is 0 Å². The normalized spacial score (nSPS) is 26.2. The molecule has 0 saturated heterocycles. The van der Waals surface area contributed by atoms with E-state index in [1.807, 2.05) is 14.1 Å². The molecule has 5 nitrogen and oxygen atoms in total. The lowest BCUT2D eigenvalue weighted by Crippen LogP contribution is -2.66. The Morgan fingerprint density at radius 1 is 1.38 bits per heavy atom. The van der Waals surface area contributed by atoms with Crippen LogP contribution in [0.2, 0.25) is 0 Å². The molecule has 2 fully saturated rings. The fourth-order valence-electron chi connectivity index (χ4n) is 4.48. The lowest BCUT2D eigenvalue weighted by molar-refractivity contribution is -0.145. The van der Waals surface area contributed by atoms with Crippen LogP contribution in [0.25, 0.3) is 0 Å². The second-order valence-corrected chi connectivity index (χ2v) is 7.28. The van der Waals surface area contributed by atoms with Crippen molar-refractivity contribution in [2.24, 2.45) is 17.5 Å². The first-order valence-corrected chi connectivity index (χ1v) is 9.37. The third kappa shape index (κ3) is 3.46. The SMILES string of the molecule is CCOC1CC(NC(=NC)NCc2ccn(C)c2)C12CCCCC2. The van der Waals surface area contributed by atoms with E-state index in [-0.39, 0.29) is 0 Å². The van der Waals surface area contributed by atoms with Gasteiger partial charge in [0, 0.05) is 51.1 Å². The van der Waals surface area contributed by atoms with Crippen molar-refractivity contribution in [3.63, 3.8) is 0 Å². The summed E-state index contributed by atoms with van der Waals surface area (Å²) < 4.78 is 8.12. The van der Waals surface area contributed by atoms with Gasteiger partial charge in [-0.15, -0.1) is 0 Å². The predicted molar refractivity (Wildman–Crippen MR) is 98.1 cm³/mol. The van der Waals surface area contributed by atoms with Crippen molar-refractivity contribution >= 4 is 5.96 Å². The topological polar surface area (TPSA) is 50.6 Å². The molecule has 3 rings (SSSR count). The lowest BCUT2D eigenvalue weighted by Gasteiger charge is -2.57. The lowest BCUT2D eigenvalue weighted by atomic mass is 9.55. The maximum Gasteiger partial charge on any atom is 0.191 e. The number of aromatic nitrogens is 1. The van der Waals surface area contributed by atoms with Crippen molar-refractivity contribution < 1.29 is 4.74 Å². The van der Waals surface area contributed by atoms with Crippen LogP contribution < -0.4 is 10.6 Å². The third-order valence-corrected chi connectivity index (χ3v) is 5.83. The molecule has 0 bridgehead atoms. The minimum absolute atomic E-state index is 0.318. The van der Waals surface area contributed by atoms with Crippen LogP contribution >= 0.6 is 0 Å². The van der Waals surface area contributed by atoms with Gasteiger partial charge in [0.05, 0.1) is 6.10 Å². The summed E-state index contributed by atoms with van der Waals surface area (Å²) in [6.07, 6.45) is 12.3. The number of guanidine groups is 1. The van der Waals surface area contributed by atoms with Crippen LogP contribution in [-0.4, -0.2) is 36.3 Å². The number of nitrogens with one attached hydrogen (secondary N) is 2. The Kier molecular flexibility index (Phi) is 5.49. The van der Waals surface area contributed by atoms with Crippen LogP contribution in [0.3, 0.4) is 0 Å². The smallest absolute Gasteiger partial charge is 0.191 e. The number of ether oxygens (including phenoxy) is 1. The summed E-state index contributed by atoms with van der Waals surface area (Å²) in [5.41, 5.74) is 1.59. The molecule has 24 heavy (non-hydrogen) atoms. The molecule has 2 saturated carbocycles. The number of hydrogen-bond acceptors (Lipinski definition) is 2. The molecule has 5 heteroatoms. The van der Waals surface area contributed by atoms with Gasteiger partial charge in [0.15, 0.2) is 5.96 Å². The summed E-state index contributed by atoms with van der Waals surface area (Å²) in [5.74, 6) is 0.906. The zero-order valence-corrected chi connectivity index (χ0v) is 15.3. The van der Waals surface area contributed by atoms with Crippen molar-refractivity contribution in [1.29, 1.82) is 0 Å². The monoisotopic (exact) mass is 332 g/mol. The maximum atomic E-state index is 6.05. The van der Waals surface area contributed by atoms with E-state index in [0.717, 1.165) is 25.5 Å². The number of aryl methyl sites for hydroxylation is 1. The standard InChI is InChI=1S/C19H32N4O/c1-4-24-17-12-16(19(17)9-6-5-7-10-19)22-18(20-2)21-13-15-8-11-23(3)14-15/h8,11,14,16-17H,4-7,9-10,12-13H2,1-3H3,(H2,20,21,22). The van der Waals surface area contributed by atoms with E-state index in [0.29, 0.717) is 17.6 Å². The molecule has 1 aromatic heterocycles. The van der Waals surface area contributed by atoms with Crippen molar-refractivity contribution in [1.82, 2.24) is 15.2 Å². The molecule has 134 valence electrons. The highest BCUT2D eigenvalue weighted by molar-refractivity contribution is 5.80. The molecule has 1 heterocycles. The predicted octanol–water partition coefficient (Wildman–Crippen LogP) is 2.82. The van der Waals surface area contributed by atoms with Gasteiger partial charge in [-0.3, -0.25) is 4.99 Å². The largest absolute Gasteiger partial charge is 0.378 e. The summed E-state index contributed by atoms with van der Waals surface area (Å²) >= 11 is 0. The van der Waals surface area contributed by atoms with Gasteiger partial charge < -0.3 is 19.9 Å².